The van der Waals surface area contributed by atoms with Gasteiger partial charge in [-0.2, -0.15) is 0 Å². The van der Waals surface area contributed by atoms with Crippen LogP contribution in [0.25, 0.3) is 0 Å². The summed E-state index contributed by atoms with van der Waals surface area (Å²) in [5.74, 6) is -0.992. The van der Waals surface area contributed by atoms with Crippen LogP contribution in [0.15, 0.2) is 0 Å². The first-order chi connectivity index (χ1) is 15.9. The summed E-state index contributed by atoms with van der Waals surface area (Å²) in [6.45, 7) is 3.32. The molecule has 0 saturated carbocycles. The Bertz CT molecular complexity index is 594. The number of phosphoric acid groups is 1. The zero-order chi connectivity index (χ0) is 25.9. The second-order valence-corrected chi connectivity index (χ2v) is 11.3. The summed E-state index contributed by atoms with van der Waals surface area (Å²) in [5.41, 5.74) is 0. The molecular formula is C24H49NO8P+. The minimum atomic E-state index is -4.31. The van der Waals surface area contributed by atoms with Crippen molar-refractivity contribution in [3.8, 4) is 0 Å². The number of nitrogens with zero attached hydrogens (tertiary/aromatic N) is 1. The average Bonchev–Trinajstić information content (AvgIpc) is 2.72. The van der Waals surface area contributed by atoms with Gasteiger partial charge in [0.05, 0.1) is 27.7 Å². The van der Waals surface area contributed by atoms with Gasteiger partial charge in [-0.05, 0) is 6.42 Å². The van der Waals surface area contributed by atoms with E-state index in [9.17, 15) is 19.0 Å². The van der Waals surface area contributed by atoms with Crippen LogP contribution in [0.3, 0.4) is 0 Å². The molecular weight excluding hydrogens is 461 g/mol. The topological polar surface area (TPSA) is 108 Å². The molecule has 10 heteroatoms. The number of esters is 2. The van der Waals surface area contributed by atoms with Crippen molar-refractivity contribution in [1.29, 1.82) is 0 Å². The zero-order valence-electron chi connectivity index (χ0n) is 22.1. The van der Waals surface area contributed by atoms with Crippen molar-refractivity contribution in [1.82, 2.24) is 0 Å². The van der Waals surface area contributed by atoms with Gasteiger partial charge in [-0.3, -0.25) is 18.6 Å². The molecule has 202 valence electrons. The Kier molecular flexibility index (Phi) is 18.7. The Labute approximate surface area is 206 Å². The molecule has 2 atom stereocenters. The summed E-state index contributed by atoms with van der Waals surface area (Å²) in [5, 5.41) is 0. The highest BCUT2D eigenvalue weighted by atomic mass is 31.2. The van der Waals surface area contributed by atoms with Crippen LogP contribution < -0.4 is 0 Å². The molecule has 0 spiro atoms. The van der Waals surface area contributed by atoms with Gasteiger partial charge in [-0.15, -0.1) is 0 Å². The van der Waals surface area contributed by atoms with E-state index < -0.39 is 26.5 Å². The lowest BCUT2D eigenvalue weighted by Gasteiger charge is -2.24. The number of unbranched alkanes of at least 4 members (excludes halogenated alkanes) is 10. The fourth-order valence-electron chi connectivity index (χ4n) is 3.19. The molecule has 0 heterocycles. The smallest absolute Gasteiger partial charge is 0.462 e. The van der Waals surface area contributed by atoms with Crippen molar-refractivity contribution in [2.75, 3.05) is 47.5 Å². The number of hydrogen-bond acceptors (Lipinski definition) is 7. The molecule has 0 aliphatic rings. The third-order valence-electron chi connectivity index (χ3n) is 5.19. The lowest BCUT2D eigenvalue weighted by molar-refractivity contribution is -0.870. The summed E-state index contributed by atoms with van der Waals surface area (Å²) >= 11 is 0. The van der Waals surface area contributed by atoms with E-state index in [2.05, 4.69) is 6.92 Å². The fraction of sp³-hybridized carbons (Fsp3) is 0.917. The predicted molar refractivity (Wildman–Crippen MR) is 132 cm³/mol. The third kappa shape index (κ3) is 22.8. The molecule has 34 heavy (non-hydrogen) atoms. The molecule has 0 aliphatic carbocycles. The maximum Gasteiger partial charge on any atom is 0.472 e. The predicted octanol–water partition coefficient (Wildman–Crippen LogP) is 5.00. The second kappa shape index (κ2) is 19.2. The number of carbonyl (C=O) groups is 2. The van der Waals surface area contributed by atoms with Gasteiger partial charge in [0.25, 0.3) is 0 Å². The van der Waals surface area contributed by atoms with Gasteiger partial charge < -0.3 is 18.9 Å². The SMILES string of the molecule is CCCCCCCCCCCCCC(=O)OC[C@H](COP(=O)(O)OCC[N+](C)(C)C)OC(C)=O. The van der Waals surface area contributed by atoms with E-state index in [-0.39, 0.29) is 25.6 Å². The molecule has 0 aromatic rings. The fourth-order valence-corrected chi connectivity index (χ4v) is 3.93. The molecule has 0 saturated heterocycles. The molecule has 0 bridgehead atoms. The van der Waals surface area contributed by atoms with Crippen molar-refractivity contribution in [3.05, 3.63) is 0 Å². The van der Waals surface area contributed by atoms with Crippen LogP contribution in [-0.4, -0.2) is 74.9 Å². The van der Waals surface area contributed by atoms with Gasteiger partial charge in [-0.1, -0.05) is 71.1 Å². The van der Waals surface area contributed by atoms with Crippen LogP contribution in [0, 0.1) is 0 Å². The van der Waals surface area contributed by atoms with Gasteiger partial charge in [0.2, 0.25) is 0 Å². The van der Waals surface area contributed by atoms with Gasteiger partial charge in [-0.25, -0.2) is 4.57 Å². The summed E-state index contributed by atoms with van der Waals surface area (Å²) in [6.07, 6.45) is 12.4. The molecule has 0 aromatic heterocycles. The van der Waals surface area contributed by atoms with Crippen LogP contribution in [0.2, 0.25) is 0 Å². The van der Waals surface area contributed by atoms with Gasteiger partial charge in [0.1, 0.15) is 19.8 Å². The molecule has 0 radical (unpaired) electrons. The molecule has 0 rings (SSSR count). The highest BCUT2D eigenvalue weighted by Crippen LogP contribution is 2.43. The van der Waals surface area contributed by atoms with E-state index >= 15 is 0 Å². The van der Waals surface area contributed by atoms with Crippen molar-refractivity contribution in [2.45, 2.75) is 97.0 Å². The number of rotatable bonds is 22. The maximum absolute atomic E-state index is 12.0. The van der Waals surface area contributed by atoms with E-state index in [0.29, 0.717) is 11.0 Å². The van der Waals surface area contributed by atoms with E-state index in [0.717, 1.165) is 19.3 Å². The van der Waals surface area contributed by atoms with Crippen molar-refractivity contribution < 1.29 is 42.1 Å². The molecule has 0 aromatic carbocycles. The van der Waals surface area contributed by atoms with E-state index in [1.165, 1.54) is 58.3 Å². The quantitative estimate of drug-likeness (QED) is 0.0938. The summed E-state index contributed by atoms with van der Waals surface area (Å²) in [6, 6.07) is 0. The molecule has 0 fully saturated rings. The average molecular weight is 511 g/mol. The van der Waals surface area contributed by atoms with Crippen LogP contribution >= 0.6 is 7.82 Å². The molecule has 0 amide bonds. The van der Waals surface area contributed by atoms with Gasteiger partial charge in [0, 0.05) is 13.3 Å². The Morgan fingerprint density at radius 2 is 1.38 bits per heavy atom. The normalized spacial score (nSPS) is 14.4. The third-order valence-corrected chi connectivity index (χ3v) is 6.17. The molecule has 9 nitrogen and oxygen atoms in total. The van der Waals surface area contributed by atoms with E-state index in [1.54, 1.807) is 0 Å². The monoisotopic (exact) mass is 510 g/mol. The molecule has 1 N–H and O–H groups in total. The van der Waals surface area contributed by atoms with Crippen molar-refractivity contribution in [2.24, 2.45) is 0 Å². The highest BCUT2D eigenvalue weighted by Gasteiger charge is 2.26. The Morgan fingerprint density at radius 1 is 0.853 bits per heavy atom. The number of likely N-dealkylation sites (N-methyl/N-ethyl adjacent to an activating group) is 1. The molecule has 0 aliphatic heterocycles. The highest BCUT2D eigenvalue weighted by molar-refractivity contribution is 7.47. The Morgan fingerprint density at radius 3 is 1.88 bits per heavy atom. The second-order valence-electron chi connectivity index (χ2n) is 9.81. The minimum Gasteiger partial charge on any atom is -0.462 e. The first-order valence-electron chi connectivity index (χ1n) is 12.7. The zero-order valence-corrected chi connectivity index (χ0v) is 23.0. The number of phosphoric ester groups is 1. The summed E-state index contributed by atoms with van der Waals surface area (Å²) < 4.78 is 32.6. The number of ether oxygens (including phenoxy) is 2. The van der Waals surface area contributed by atoms with Gasteiger partial charge in [0.15, 0.2) is 6.10 Å². The number of hydrogen-bond donors (Lipinski definition) is 1. The van der Waals surface area contributed by atoms with Crippen LogP contribution in [-0.2, 0) is 32.7 Å². The Balaban J connectivity index is 4.03. The van der Waals surface area contributed by atoms with E-state index in [4.69, 9.17) is 18.5 Å². The summed E-state index contributed by atoms with van der Waals surface area (Å²) in [4.78, 5) is 33.1. The van der Waals surface area contributed by atoms with Crippen LogP contribution in [0.5, 0.6) is 0 Å². The summed E-state index contributed by atoms with van der Waals surface area (Å²) in [7, 11) is 1.47. The van der Waals surface area contributed by atoms with Crippen molar-refractivity contribution in [3.63, 3.8) is 0 Å². The van der Waals surface area contributed by atoms with Crippen molar-refractivity contribution >= 4 is 19.8 Å². The number of quaternary nitrogens is 1. The van der Waals surface area contributed by atoms with Gasteiger partial charge >= 0.3 is 19.8 Å². The largest absolute Gasteiger partial charge is 0.472 e. The first kappa shape index (κ1) is 33.0. The lowest BCUT2D eigenvalue weighted by atomic mass is 10.1. The Hall–Kier alpha value is -0.990. The number of carbonyl (C=O) groups excluding carboxylic acids is 2. The van der Waals surface area contributed by atoms with Crippen LogP contribution in [0.1, 0.15) is 90.9 Å². The maximum atomic E-state index is 12.0. The molecule has 1 unspecified atom stereocenters. The van der Waals surface area contributed by atoms with Crippen LogP contribution in [0.4, 0.5) is 0 Å². The standard InChI is InChI=1S/C24H48NO8P/c1-6-7-8-9-10-11-12-13-14-15-16-17-24(27)30-20-23(33-22(2)26)21-32-34(28,29)31-19-18-25(3,4)5/h23H,6-21H2,1-5H3/p+1/t23-/m1/s1. The first-order valence-corrected chi connectivity index (χ1v) is 14.2. The minimum absolute atomic E-state index is 0.0312. The lowest BCUT2D eigenvalue weighted by Crippen LogP contribution is -2.37. The van der Waals surface area contributed by atoms with E-state index in [1.807, 2.05) is 21.1 Å².